The van der Waals surface area contributed by atoms with Crippen LogP contribution in [0, 0.1) is 0 Å². The lowest BCUT2D eigenvalue weighted by Gasteiger charge is -2.18. The average Bonchev–Trinajstić information content (AvgIpc) is 3.47. The van der Waals surface area contributed by atoms with E-state index < -0.39 is 6.10 Å². The Hall–Kier alpha value is -2.11. The summed E-state index contributed by atoms with van der Waals surface area (Å²) in [5.41, 5.74) is 0. The minimum absolute atomic E-state index is 0.0706. The molecule has 1 atom stereocenters. The Labute approximate surface area is 506 Å². The Morgan fingerprint density at radius 1 is 0.235 bits per heavy atom. The highest BCUT2D eigenvalue weighted by atomic mass is 16.6. The molecular formula is C75H142O6. The monoisotopic (exact) mass is 1140 g/mol. The van der Waals surface area contributed by atoms with Crippen molar-refractivity contribution >= 4 is 17.9 Å². The van der Waals surface area contributed by atoms with E-state index >= 15 is 0 Å². The number of allylic oxidation sites excluding steroid dienone is 4. The summed E-state index contributed by atoms with van der Waals surface area (Å²) in [5.74, 6) is -0.856. The molecule has 0 bridgehead atoms. The molecule has 6 nitrogen and oxygen atoms in total. The van der Waals surface area contributed by atoms with Crippen molar-refractivity contribution in [2.24, 2.45) is 0 Å². The number of esters is 3. The number of carbonyl (C=O) groups is 3. The Morgan fingerprint density at radius 2 is 0.407 bits per heavy atom. The topological polar surface area (TPSA) is 78.9 Å². The highest BCUT2D eigenvalue weighted by Crippen LogP contribution is 2.19. The highest BCUT2D eigenvalue weighted by molar-refractivity contribution is 5.71. The molecule has 0 aliphatic carbocycles. The molecule has 0 amide bonds. The molecule has 0 heterocycles. The Kier molecular flexibility index (Phi) is 68.5. The predicted octanol–water partition coefficient (Wildman–Crippen LogP) is 25.3. The molecule has 0 radical (unpaired) electrons. The fraction of sp³-hybridized carbons (Fsp3) is 0.907. The van der Waals surface area contributed by atoms with Gasteiger partial charge >= 0.3 is 17.9 Å². The van der Waals surface area contributed by atoms with Crippen LogP contribution in [0.25, 0.3) is 0 Å². The van der Waals surface area contributed by atoms with Gasteiger partial charge in [-0.05, 0) is 70.6 Å². The fourth-order valence-electron chi connectivity index (χ4n) is 11.4. The summed E-state index contributed by atoms with van der Waals surface area (Å²) in [6.45, 7) is 6.68. The van der Waals surface area contributed by atoms with Gasteiger partial charge in [0, 0.05) is 19.3 Å². The van der Waals surface area contributed by atoms with Crippen LogP contribution < -0.4 is 0 Å². The van der Waals surface area contributed by atoms with Crippen molar-refractivity contribution in [3.05, 3.63) is 24.3 Å². The summed E-state index contributed by atoms with van der Waals surface area (Å²) in [5, 5.41) is 0. The summed E-state index contributed by atoms with van der Waals surface area (Å²) in [6, 6.07) is 0. The molecule has 6 heteroatoms. The van der Waals surface area contributed by atoms with Crippen molar-refractivity contribution in [3.63, 3.8) is 0 Å². The first-order valence-electron chi connectivity index (χ1n) is 36.8. The van der Waals surface area contributed by atoms with Gasteiger partial charge in [0.25, 0.3) is 0 Å². The third-order valence-corrected chi connectivity index (χ3v) is 16.9. The minimum atomic E-state index is -0.775. The van der Waals surface area contributed by atoms with E-state index in [4.69, 9.17) is 14.2 Å². The quantitative estimate of drug-likeness (QED) is 0.0261. The molecule has 0 aliphatic rings. The number of hydrogen-bond donors (Lipinski definition) is 0. The van der Waals surface area contributed by atoms with Gasteiger partial charge in [-0.25, -0.2) is 0 Å². The normalized spacial score (nSPS) is 12.1. The van der Waals surface area contributed by atoms with Crippen LogP contribution in [0.2, 0.25) is 0 Å². The number of rotatable bonds is 69. The zero-order chi connectivity index (χ0) is 58.5. The summed E-state index contributed by atoms with van der Waals surface area (Å²) in [4.78, 5) is 38.4. The predicted molar refractivity (Wildman–Crippen MR) is 353 cm³/mol. The van der Waals surface area contributed by atoms with Crippen LogP contribution in [0.3, 0.4) is 0 Å². The standard InChI is InChI=1S/C75H142O6/c1-4-7-10-13-16-19-22-25-27-29-31-32-33-34-35-36-37-38-39-40-41-42-43-44-45-47-48-50-53-56-59-62-65-68-74(77)80-71-72(70-79-73(76)67-64-61-58-55-52-24-21-18-15-12-9-6-3)81-75(78)69-66-63-60-57-54-51-49-46-30-28-26-23-20-17-14-11-8-5-2/h18,21,28,30,72H,4-17,19-20,22-27,29,31-71H2,1-3H3/b21-18-,30-28-. The van der Waals surface area contributed by atoms with Crippen LogP contribution in [-0.2, 0) is 28.6 Å². The SMILES string of the molecule is CCCCC/C=C\CCCCCCCC(=O)OCC(COC(=O)CCCCCCCCCCCCCCCCCCCCCCCCCCCCCCCCCCC)OC(=O)CCCCCCCCC/C=C\CCCCCCCCC. The summed E-state index contributed by atoms with van der Waals surface area (Å²) < 4.78 is 17.0. The van der Waals surface area contributed by atoms with Crippen molar-refractivity contribution in [1.82, 2.24) is 0 Å². The first kappa shape index (κ1) is 78.9. The molecule has 0 aliphatic heterocycles. The zero-order valence-electron chi connectivity index (χ0n) is 55.1. The fourth-order valence-corrected chi connectivity index (χ4v) is 11.4. The van der Waals surface area contributed by atoms with Gasteiger partial charge in [0.05, 0.1) is 0 Å². The Morgan fingerprint density at radius 3 is 0.642 bits per heavy atom. The van der Waals surface area contributed by atoms with Crippen LogP contribution in [0.1, 0.15) is 419 Å². The van der Waals surface area contributed by atoms with Crippen molar-refractivity contribution in [3.8, 4) is 0 Å². The molecule has 0 aromatic carbocycles. The lowest BCUT2D eigenvalue weighted by atomic mass is 10.0. The van der Waals surface area contributed by atoms with Gasteiger partial charge in [0.1, 0.15) is 13.2 Å². The smallest absolute Gasteiger partial charge is 0.306 e. The highest BCUT2D eigenvalue weighted by Gasteiger charge is 2.19. The maximum atomic E-state index is 12.9. The van der Waals surface area contributed by atoms with Gasteiger partial charge in [0.15, 0.2) is 6.10 Å². The molecule has 0 rings (SSSR count). The van der Waals surface area contributed by atoms with Crippen LogP contribution in [-0.4, -0.2) is 37.2 Å². The first-order valence-corrected chi connectivity index (χ1v) is 36.8. The Balaban J connectivity index is 4.07. The van der Waals surface area contributed by atoms with E-state index in [1.54, 1.807) is 0 Å². The van der Waals surface area contributed by atoms with Crippen LogP contribution >= 0.6 is 0 Å². The lowest BCUT2D eigenvalue weighted by molar-refractivity contribution is -0.167. The summed E-state index contributed by atoms with van der Waals surface area (Å²) in [7, 11) is 0. The van der Waals surface area contributed by atoms with E-state index in [2.05, 4.69) is 45.1 Å². The molecule has 81 heavy (non-hydrogen) atoms. The second kappa shape index (κ2) is 70.4. The number of carbonyl (C=O) groups excluding carboxylic acids is 3. The van der Waals surface area contributed by atoms with Crippen LogP contribution in [0.15, 0.2) is 24.3 Å². The van der Waals surface area contributed by atoms with Crippen molar-refractivity contribution in [2.75, 3.05) is 13.2 Å². The molecule has 0 saturated carbocycles. The van der Waals surface area contributed by atoms with Gasteiger partial charge in [-0.15, -0.1) is 0 Å². The van der Waals surface area contributed by atoms with E-state index in [1.807, 2.05) is 0 Å². The average molecular weight is 1140 g/mol. The first-order chi connectivity index (χ1) is 40.0. The molecule has 478 valence electrons. The van der Waals surface area contributed by atoms with Crippen LogP contribution in [0.4, 0.5) is 0 Å². The number of hydrogen-bond acceptors (Lipinski definition) is 6. The second-order valence-corrected chi connectivity index (χ2v) is 25.2. The molecule has 0 spiro atoms. The molecule has 0 aromatic heterocycles. The largest absolute Gasteiger partial charge is 0.462 e. The third-order valence-electron chi connectivity index (χ3n) is 16.9. The summed E-state index contributed by atoms with van der Waals surface area (Å²) >= 11 is 0. The van der Waals surface area contributed by atoms with E-state index in [9.17, 15) is 14.4 Å². The third kappa shape index (κ3) is 68.6. The van der Waals surface area contributed by atoms with Crippen molar-refractivity contribution in [2.45, 2.75) is 425 Å². The molecular weight excluding hydrogens is 997 g/mol. The molecule has 0 saturated heterocycles. The molecule has 0 fully saturated rings. The van der Waals surface area contributed by atoms with E-state index in [1.165, 1.54) is 315 Å². The minimum Gasteiger partial charge on any atom is -0.462 e. The molecule has 0 aromatic rings. The zero-order valence-corrected chi connectivity index (χ0v) is 55.1. The van der Waals surface area contributed by atoms with E-state index in [-0.39, 0.29) is 31.1 Å². The molecule has 1 unspecified atom stereocenters. The van der Waals surface area contributed by atoms with Gasteiger partial charge < -0.3 is 14.2 Å². The van der Waals surface area contributed by atoms with Crippen LogP contribution in [0.5, 0.6) is 0 Å². The number of unbranched alkanes of at least 4 members (excludes halogenated alkanes) is 54. The van der Waals surface area contributed by atoms with Gasteiger partial charge in [0.2, 0.25) is 0 Å². The van der Waals surface area contributed by atoms with Gasteiger partial charge in [-0.3, -0.25) is 14.4 Å². The van der Waals surface area contributed by atoms with Crippen molar-refractivity contribution in [1.29, 1.82) is 0 Å². The van der Waals surface area contributed by atoms with Gasteiger partial charge in [-0.2, -0.15) is 0 Å². The number of ether oxygens (including phenoxy) is 3. The Bertz CT molecular complexity index is 1310. The molecule has 0 N–H and O–H groups in total. The van der Waals surface area contributed by atoms with E-state index in [0.29, 0.717) is 19.3 Å². The lowest BCUT2D eigenvalue weighted by Crippen LogP contribution is -2.30. The second-order valence-electron chi connectivity index (χ2n) is 25.2. The maximum absolute atomic E-state index is 12.9. The van der Waals surface area contributed by atoms with Crippen molar-refractivity contribution < 1.29 is 28.6 Å². The summed E-state index contributed by atoms with van der Waals surface area (Å²) in [6.07, 6.45) is 86.7. The maximum Gasteiger partial charge on any atom is 0.306 e. The van der Waals surface area contributed by atoms with Gasteiger partial charge in [-0.1, -0.05) is 353 Å². The van der Waals surface area contributed by atoms with E-state index in [0.717, 1.165) is 64.2 Å².